The zero-order valence-electron chi connectivity index (χ0n) is 9.79. The van der Waals surface area contributed by atoms with Crippen molar-refractivity contribution in [2.75, 3.05) is 5.73 Å². The van der Waals surface area contributed by atoms with Gasteiger partial charge < -0.3 is 20.7 Å². The fourth-order valence-electron chi connectivity index (χ4n) is 2.04. The number of rotatable bonds is 1. The number of hydrogen-bond acceptors (Lipinski definition) is 7. The van der Waals surface area contributed by atoms with Crippen molar-refractivity contribution in [1.29, 1.82) is 0 Å². The molecule has 0 aromatic carbocycles. The van der Waals surface area contributed by atoms with E-state index in [9.17, 15) is 19.0 Å². The number of aliphatic hydroxyl groups is 2. The second kappa shape index (κ2) is 4.35. The molecule has 1 aliphatic heterocycles. The van der Waals surface area contributed by atoms with Crippen LogP contribution in [0.2, 0.25) is 0 Å². The van der Waals surface area contributed by atoms with Gasteiger partial charge in [0, 0.05) is 0 Å². The Bertz CT molecular complexity index is 699. The van der Waals surface area contributed by atoms with Crippen LogP contribution in [0.25, 0.3) is 11.0 Å². The summed E-state index contributed by atoms with van der Waals surface area (Å²) in [6.07, 6.45) is -5.72. The van der Waals surface area contributed by atoms with E-state index < -0.39 is 30.2 Å². The van der Waals surface area contributed by atoms with Gasteiger partial charge in [-0.3, -0.25) is 5.10 Å². The Morgan fingerprint density at radius 2 is 2.10 bits per heavy atom. The van der Waals surface area contributed by atoms with Gasteiger partial charge in [-0.1, -0.05) is 0 Å². The number of fused-ring (bicyclic) bond motifs is 1. The van der Waals surface area contributed by atoms with Crippen LogP contribution in [0.4, 0.5) is 14.6 Å². The van der Waals surface area contributed by atoms with E-state index >= 15 is 0 Å². The zero-order valence-corrected chi connectivity index (χ0v) is 9.79. The molecule has 20 heavy (non-hydrogen) atoms. The predicted octanol–water partition coefficient (Wildman–Crippen LogP) is -0.164. The number of nitrogens with two attached hydrogens (primary N) is 1. The van der Waals surface area contributed by atoms with Crippen molar-refractivity contribution in [3.8, 4) is 0 Å². The van der Waals surface area contributed by atoms with Crippen LogP contribution in [-0.4, -0.2) is 42.6 Å². The van der Waals surface area contributed by atoms with E-state index in [1.165, 1.54) is 6.33 Å². The number of aromatic nitrogens is 4. The van der Waals surface area contributed by atoms with Gasteiger partial charge in [0.1, 0.15) is 35.3 Å². The highest BCUT2D eigenvalue weighted by molar-refractivity contribution is 5.85. The van der Waals surface area contributed by atoms with E-state index in [0.29, 0.717) is 5.52 Å². The fraction of sp³-hybridized carbons (Fsp3) is 0.300. The van der Waals surface area contributed by atoms with Crippen molar-refractivity contribution in [2.45, 2.75) is 18.3 Å². The van der Waals surface area contributed by atoms with Gasteiger partial charge in [0.25, 0.3) is 0 Å². The van der Waals surface area contributed by atoms with Crippen molar-refractivity contribution < 1.29 is 23.7 Å². The van der Waals surface area contributed by atoms with E-state index in [0.717, 1.165) is 0 Å². The van der Waals surface area contributed by atoms with Crippen molar-refractivity contribution in [2.24, 2.45) is 0 Å². The van der Waals surface area contributed by atoms with Crippen LogP contribution in [0.5, 0.6) is 0 Å². The molecule has 3 atom stereocenters. The highest BCUT2D eigenvalue weighted by atomic mass is 19.3. The normalized spacial score (nSPS) is 26.0. The average molecular weight is 285 g/mol. The number of ether oxygens (including phenoxy) is 1. The van der Waals surface area contributed by atoms with Crippen LogP contribution in [0.3, 0.4) is 0 Å². The van der Waals surface area contributed by atoms with Crippen molar-refractivity contribution in [1.82, 2.24) is 20.2 Å². The topological polar surface area (TPSA) is 130 Å². The lowest BCUT2D eigenvalue weighted by Crippen LogP contribution is -2.25. The summed E-state index contributed by atoms with van der Waals surface area (Å²) in [7, 11) is 0. The molecule has 1 fully saturated rings. The third-order valence-corrected chi connectivity index (χ3v) is 3.02. The quantitative estimate of drug-likeness (QED) is 0.572. The predicted molar refractivity (Wildman–Crippen MR) is 61.2 cm³/mol. The lowest BCUT2D eigenvalue weighted by atomic mass is 10.1. The molecular formula is C10H9F2N5O3. The Kier molecular flexibility index (Phi) is 2.76. The number of aromatic amines is 1. The molecule has 0 spiro atoms. The second-order valence-corrected chi connectivity index (χ2v) is 4.19. The first-order chi connectivity index (χ1) is 9.50. The zero-order chi connectivity index (χ0) is 14.4. The molecule has 0 bridgehead atoms. The monoisotopic (exact) mass is 285 g/mol. The van der Waals surface area contributed by atoms with Crippen LogP contribution in [0, 0.1) is 0 Å². The lowest BCUT2D eigenvalue weighted by Gasteiger charge is -2.11. The molecule has 0 saturated carbocycles. The molecule has 2 aromatic rings. The molecule has 0 radical (unpaired) electrons. The number of nitrogens with zero attached hydrogens (tertiary/aromatic N) is 3. The van der Waals surface area contributed by atoms with E-state index in [1.54, 1.807) is 0 Å². The number of aliphatic hydroxyl groups excluding tert-OH is 2. The van der Waals surface area contributed by atoms with Gasteiger partial charge in [-0.05, 0) is 0 Å². The summed E-state index contributed by atoms with van der Waals surface area (Å²) in [6.45, 7) is 0. The summed E-state index contributed by atoms with van der Waals surface area (Å²) in [4.78, 5) is 7.65. The molecule has 0 amide bonds. The Hall–Kier alpha value is -2.33. The summed E-state index contributed by atoms with van der Waals surface area (Å²) in [6, 6.07) is 0. The molecule has 3 heterocycles. The molecule has 3 rings (SSSR count). The van der Waals surface area contributed by atoms with Gasteiger partial charge in [0.2, 0.25) is 0 Å². The van der Waals surface area contributed by atoms with Crippen LogP contribution in [0.1, 0.15) is 11.8 Å². The molecule has 1 saturated heterocycles. The molecule has 10 heteroatoms. The number of H-pyrrole nitrogens is 1. The molecule has 5 N–H and O–H groups in total. The number of anilines is 1. The summed E-state index contributed by atoms with van der Waals surface area (Å²) < 4.78 is 30.0. The first-order valence-corrected chi connectivity index (χ1v) is 5.53. The van der Waals surface area contributed by atoms with Gasteiger partial charge in [-0.15, -0.1) is 0 Å². The van der Waals surface area contributed by atoms with Crippen molar-refractivity contribution >= 4 is 16.9 Å². The molecule has 1 aliphatic rings. The van der Waals surface area contributed by atoms with Gasteiger partial charge in [0.15, 0.2) is 17.7 Å². The van der Waals surface area contributed by atoms with Crippen LogP contribution in [0.15, 0.2) is 18.2 Å². The summed E-state index contributed by atoms with van der Waals surface area (Å²) in [5, 5.41) is 25.7. The SMILES string of the molecule is Nc1ncnc2c([C@@H]3OC(=C(F)F)[C@@H](O)[C@H]3O)n[nH]c12. The van der Waals surface area contributed by atoms with Gasteiger partial charge in [-0.25, -0.2) is 9.97 Å². The number of nitrogen functional groups attached to an aromatic ring is 1. The second-order valence-electron chi connectivity index (χ2n) is 4.19. The molecule has 0 unspecified atom stereocenters. The van der Waals surface area contributed by atoms with E-state index in [2.05, 4.69) is 20.2 Å². The summed E-state index contributed by atoms with van der Waals surface area (Å²) in [5.74, 6) is -0.852. The van der Waals surface area contributed by atoms with Gasteiger partial charge >= 0.3 is 6.08 Å². The first kappa shape index (κ1) is 12.7. The third-order valence-electron chi connectivity index (χ3n) is 3.02. The van der Waals surface area contributed by atoms with Crippen LogP contribution in [-0.2, 0) is 4.74 Å². The highest BCUT2D eigenvalue weighted by Gasteiger charge is 2.45. The molecule has 0 aliphatic carbocycles. The third kappa shape index (κ3) is 1.69. The first-order valence-electron chi connectivity index (χ1n) is 5.53. The minimum atomic E-state index is -2.20. The summed E-state index contributed by atoms with van der Waals surface area (Å²) >= 11 is 0. The minimum Gasteiger partial charge on any atom is -0.477 e. The Labute approximate surface area is 109 Å². The maximum absolute atomic E-state index is 12.6. The lowest BCUT2D eigenvalue weighted by molar-refractivity contribution is 0.0216. The Morgan fingerprint density at radius 3 is 2.75 bits per heavy atom. The van der Waals surface area contributed by atoms with Gasteiger partial charge in [0.05, 0.1) is 0 Å². The smallest absolute Gasteiger partial charge is 0.310 e. The largest absolute Gasteiger partial charge is 0.477 e. The number of hydrogen-bond donors (Lipinski definition) is 4. The van der Waals surface area contributed by atoms with Crippen molar-refractivity contribution in [3.05, 3.63) is 23.9 Å². The van der Waals surface area contributed by atoms with Crippen molar-refractivity contribution in [3.63, 3.8) is 0 Å². The standard InChI is InChI=1S/C10H9F2N5O3/c11-9(12)8-6(19)5(18)7(20-8)3-2-4(17-16-3)10(13)15-1-14-2/h1,5-7,18-19H,(H,16,17)(H2,13,14,15)/t5-,6+,7+/m1/s1. The maximum atomic E-state index is 12.6. The molecule has 8 nitrogen and oxygen atoms in total. The maximum Gasteiger partial charge on any atom is 0.310 e. The Morgan fingerprint density at radius 1 is 1.35 bits per heavy atom. The molecular weight excluding hydrogens is 276 g/mol. The Balaban J connectivity index is 2.09. The summed E-state index contributed by atoms with van der Waals surface area (Å²) in [5.41, 5.74) is 6.20. The van der Waals surface area contributed by atoms with E-state index in [4.69, 9.17) is 10.5 Å². The number of nitrogens with one attached hydrogen (secondary N) is 1. The fourth-order valence-corrected chi connectivity index (χ4v) is 2.04. The van der Waals surface area contributed by atoms with Gasteiger partial charge in [-0.2, -0.15) is 13.9 Å². The van der Waals surface area contributed by atoms with Crippen LogP contribution < -0.4 is 5.73 Å². The highest BCUT2D eigenvalue weighted by Crippen LogP contribution is 2.39. The van der Waals surface area contributed by atoms with E-state index in [1.807, 2.05) is 0 Å². The molecule has 106 valence electrons. The molecule has 2 aromatic heterocycles. The average Bonchev–Trinajstić information content (AvgIpc) is 2.94. The van der Waals surface area contributed by atoms with Crippen LogP contribution >= 0.6 is 0 Å². The minimum absolute atomic E-state index is 0.0666. The van der Waals surface area contributed by atoms with E-state index in [-0.39, 0.29) is 17.0 Å². The number of halogens is 2.